The Hall–Kier alpha value is -4.04. The minimum absolute atomic E-state index is 0.0678. The first-order valence-corrected chi connectivity index (χ1v) is 12.3. The van der Waals surface area contributed by atoms with Gasteiger partial charge in [0.2, 0.25) is 0 Å². The van der Waals surface area contributed by atoms with Crippen LogP contribution in [-0.2, 0) is 4.79 Å². The molecule has 36 heavy (non-hydrogen) atoms. The highest BCUT2D eigenvalue weighted by Crippen LogP contribution is 2.40. The van der Waals surface area contributed by atoms with E-state index in [4.69, 9.17) is 27.3 Å². The molecule has 9 heteroatoms. The van der Waals surface area contributed by atoms with Gasteiger partial charge in [0.1, 0.15) is 23.4 Å². The van der Waals surface area contributed by atoms with E-state index in [1.165, 1.54) is 6.33 Å². The van der Waals surface area contributed by atoms with E-state index in [1.54, 1.807) is 4.52 Å². The number of pyridine rings is 1. The first-order valence-electron chi connectivity index (χ1n) is 11.9. The van der Waals surface area contributed by atoms with E-state index in [-0.39, 0.29) is 11.8 Å². The molecule has 0 radical (unpaired) electrons. The van der Waals surface area contributed by atoms with Gasteiger partial charge in [-0.25, -0.2) is 19.5 Å². The van der Waals surface area contributed by atoms with Crippen molar-refractivity contribution in [3.05, 3.63) is 71.8 Å². The van der Waals surface area contributed by atoms with Crippen molar-refractivity contribution >= 4 is 39.8 Å². The molecule has 0 spiro atoms. The van der Waals surface area contributed by atoms with Crippen molar-refractivity contribution in [2.24, 2.45) is 5.92 Å². The third-order valence-corrected chi connectivity index (χ3v) is 7.34. The van der Waals surface area contributed by atoms with Crippen molar-refractivity contribution in [3.8, 4) is 22.5 Å². The highest BCUT2D eigenvalue weighted by atomic mass is 35.5. The van der Waals surface area contributed by atoms with Gasteiger partial charge >= 0.3 is 5.97 Å². The number of fused-ring (bicyclic) bond motifs is 2. The first-order chi connectivity index (χ1) is 17.5. The molecular formula is C27H23ClN6O2. The van der Waals surface area contributed by atoms with Crippen LogP contribution in [0.3, 0.4) is 0 Å². The second kappa shape index (κ2) is 8.87. The Balaban J connectivity index is 1.48. The lowest BCUT2D eigenvalue weighted by molar-refractivity contribution is -0.142. The number of aromatic nitrogens is 5. The molecule has 0 saturated heterocycles. The number of benzene rings is 2. The maximum atomic E-state index is 11.4. The van der Waals surface area contributed by atoms with E-state index in [1.807, 2.05) is 54.6 Å². The molecular weight excluding hydrogens is 476 g/mol. The van der Waals surface area contributed by atoms with E-state index >= 15 is 0 Å². The number of hydrogen-bond donors (Lipinski definition) is 2. The molecule has 3 heterocycles. The van der Waals surface area contributed by atoms with Crippen molar-refractivity contribution < 1.29 is 9.90 Å². The number of hydrogen-bond acceptors (Lipinski definition) is 6. The fourth-order valence-electron chi connectivity index (χ4n) is 5.12. The topological polar surface area (TPSA) is 119 Å². The predicted octanol–water partition coefficient (Wildman–Crippen LogP) is 5.60. The zero-order valence-corrected chi connectivity index (χ0v) is 20.1. The summed E-state index contributed by atoms with van der Waals surface area (Å²) in [6, 6.07) is 17.8. The maximum Gasteiger partial charge on any atom is 0.306 e. The number of nitrogens with two attached hydrogens (primary N) is 1. The molecule has 0 aliphatic heterocycles. The summed E-state index contributed by atoms with van der Waals surface area (Å²) in [6.07, 6.45) is 4.05. The second-order valence-corrected chi connectivity index (χ2v) is 9.61. The van der Waals surface area contributed by atoms with E-state index in [0.29, 0.717) is 53.3 Å². The van der Waals surface area contributed by atoms with Crippen LogP contribution in [0.4, 0.5) is 5.82 Å². The largest absolute Gasteiger partial charge is 0.481 e. The number of rotatable bonds is 4. The van der Waals surface area contributed by atoms with Crippen LogP contribution in [0.5, 0.6) is 0 Å². The lowest BCUT2D eigenvalue weighted by Gasteiger charge is -2.24. The fourth-order valence-corrected chi connectivity index (χ4v) is 5.38. The zero-order chi connectivity index (χ0) is 24.8. The standard InChI is InChI=1S/C27H23ClN6O2/c28-20-12-18-10-11-21(15-4-2-1-3-5-15)32-22(18)13-19(20)23-24-25(29)30-14-31-34(24)26(33-23)16-6-8-17(9-7-16)27(35)36/h1-5,10-14,16-17H,6-9H2,(H,35,36)(H2,29,30,31). The Kier molecular flexibility index (Phi) is 5.53. The van der Waals surface area contributed by atoms with Gasteiger partial charge in [-0.15, -0.1) is 0 Å². The van der Waals surface area contributed by atoms with E-state index < -0.39 is 5.97 Å². The number of imidazole rings is 1. The van der Waals surface area contributed by atoms with Crippen LogP contribution in [0.2, 0.25) is 5.02 Å². The summed E-state index contributed by atoms with van der Waals surface area (Å²) in [7, 11) is 0. The third kappa shape index (κ3) is 3.83. The van der Waals surface area contributed by atoms with Gasteiger partial charge < -0.3 is 10.8 Å². The number of anilines is 1. The van der Waals surface area contributed by atoms with E-state index in [9.17, 15) is 9.90 Å². The SMILES string of the molecule is Nc1ncnn2c(C3CCC(C(=O)O)CC3)nc(-c3cc4nc(-c5ccccc5)ccc4cc3Cl)c12. The van der Waals surface area contributed by atoms with Crippen molar-refractivity contribution in [2.75, 3.05) is 5.73 Å². The number of carboxylic acid groups (broad SMARTS) is 1. The van der Waals surface area contributed by atoms with Crippen LogP contribution in [0.25, 0.3) is 38.9 Å². The smallest absolute Gasteiger partial charge is 0.306 e. The third-order valence-electron chi connectivity index (χ3n) is 7.03. The molecule has 2 aromatic carbocycles. The molecule has 1 fully saturated rings. The quantitative estimate of drug-likeness (QED) is 0.331. The van der Waals surface area contributed by atoms with Crippen LogP contribution >= 0.6 is 11.6 Å². The monoisotopic (exact) mass is 498 g/mol. The number of nitrogen functional groups attached to an aromatic ring is 1. The minimum Gasteiger partial charge on any atom is -0.481 e. The van der Waals surface area contributed by atoms with Crippen molar-refractivity contribution in [2.45, 2.75) is 31.6 Å². The Morgan fingerprint density at radius 2 is 1.81 bits per heavy atom. The molecule has 1 aliphatic rings. The lowest BCUT2D eigenvalue weighted by atomic mass is 9.82. The maximum absolute atomic E-state index is 11.4. The molecule has 1 saturated carbocycles. The number of nitrogens with zero attached hydrogens (tertiary/aromatic N) is 5. The summed E-state index contributed by atoms with van der Waals surface area (Å²) in [5.74, 6) is 0.0730. The summed E-state index contributed by atoms with van der Waals surface area (Å²) in [4.78, 5) is 25.5. The number of carbonyl (C=O) groups is 1. The van der Waals surface area contributed by atoms with Crippen molar-refractivity contribution in [3.63, 3.8) is 0 Å². The fraction of sp³-hybridized carbons (Fsp3) is 0.222. The van der Waals surface area contributed by atoms with Gasteiger partial charge in [0.05, 0.1) is 22.2 Å². The van der Waals surface area contributed by atoms with Crippen LogP contribution < -0.4 is 5.73 Å². The molecule has 3 aromatic heterocycles. The Morgan fingerprint density at radius 3 is 2.56 bits per heavy atom. The number of aliphatic carboxylic acids is 1. The number of carboxylic acids is 1. The minimum atomic E-state index is -0.737. The summed E-state index contributed by atoms with van der Waals surface area (Å²) in [5.41, 5.74) is 10.9. The van der Waals surface area contributed by atoms with Crippen LogP contribution in [0.15, 0.2) is 60.9 Å². The van der Waals surface area contributed by atoms with Gasteiger partial charge in [0.25, 0.3) is 0 Å². The molecule has 5 aromatic rings. The van der Waals surface area contributed by atoms with Gasteiger partial charge in [-0.05, 0) is 43.9 Å². The first kappa shape index (κ1) is 22.4. The van der Waals surface area contributed by atoms with Crippen LogP contribution in [0.1, 0.15) is 37.4 Å². The summed E-state index contributed by atoms with van der Waals surface area (Å²) in [6.45, 7) is 0. The van der Waals surface area contributed by atoms with Crippen LogP contribution in [-0.4, -0.2) is 35.6 Å². The van der Waals surface area contributed by atoms with Gasteiger partial charge in [0.15, 0.2) is 5.82 Å². The van der Waals surface area contributed by atoms with E-state index in [2.05, 4.69) is 10.1 Å². The van der Waals surface area contributed by atoms with Gasteiger partial charge in [0, 0.05) is 22.4 Å². The lowest BCUT2D eigenvalue weighted by Crippen LogP contribution is -2.21. The molecule has 0 atom stereocenters. The average Bonchev–Trinajstić information content (AvgIpc) is 3.29. The normalized spacial score (nSPS) is 18.0. The summed E-state index contributed by atoms with van der Waals surface area (Å²) in [5, 5.41) is 15.3. The van der Waals surface area contributed by atoms with Crippen molar-refractivity contribution in [1.82, 2.24) is 24.6 Å². The zero-order valence-electron chi connectivity index (χ0n) is 19.3. The Morgan fingerprint density at radius 1 is 1.03 bits per heavy atom. The molecule has 1 aliphatic carbocycles. The Labute approximate surface area is 211 Å². The molecule has 0 bridgehead atoms. The van der Waals surface area contributed by atoms with Gasteiger partial charge in [-0.3, -0.25) is 4.79 Å². The molecule has 0 amide bonds. The molecule has 180 valence electrons. The van der Waals surface area contributed by atoms with Crippen molar-refractivity contribution in [1.29, 1.82) is 0 Å². The number of halogens is 1. The Bertz CT molecular complexity index is 1610. The summed E-state index contributed by atoms with van der Waals surface area (Å²) < 4.78 is 1.73. The molecule has 8 nitrogen and oxygen atoms in total. The molecule has 3 N–H and O–H groups in total. The highest BCUT2D eigenvalue weighted by molar-refractivity contribution is 6.34. The molecule has 6 rings (SSSR count). The average molecular weight is 499 g/mol. The second-order valence-electron chi connectivity index (χ2n) is 9.20. The van der Waals surface area contributed by atoms with Gasteiger partial charge in [-0.2, -0.15) is 5.10 Å². The van der Waals surface area contributed by atoms with Gasteiger partial charge in [-0.1, -0.05) is 48.0 Å². The highest BCUT2D eigenvalue weighted by Gasteiger charge is 2.31. The summed E-state index contributed by atoms with van der Waals surface area (Å²) >= 11 is 6.77. The predicted molar refractivity (Wildman–Crippen MR) is 139 cm³/mol. The van der Waals surface area contributed by atoms with E-state index in [0.717, 1.165) is 28.0 Å². The molecule has 0 unspecified atom stereocenters. The van der Waals surface area contributed by atoms with Crippen LogP contribution in [0, 0.1) is 5.92 Å².